The Balaban J connectivity index is 1.40. The molecule has 2 fully saturated rings. The highest BCUT2D eigenvalue weighted by Gasteiger charge is 2.30. The van der Waals surface area contributed by atoms with E-state index in [2.05, 4.69) is 20.9 Å². The first kappa shape index (κ1) is 17.7. The van der Waals surface area contributed by atoms with Crippen molar-refractivity contribution in [2.45, 2.75) is 50.7 Å². The number of urea groups is 1. The molecule has 136 valence electrons. The molecule has 1 aliphatic heterocycles. The van der Waals surface area contributed by atoms with Crippen LogP contribution in [0.2, 0.25) is 0 Å². The summed E-state index contributed by atoms with van der Waals surface area (Å²) in [5.41, 5.74) is 1.59. The Morgan fingerprint density at radius 3 is 2.52 bits per heavy atom. The second-order valence-corrected chi connectivity index (χ2v) is 7.02. The molecule has 3 N–H and O–H groups in total. The van der Waals surface area contributed by atoms with Crippen molar-refractivity contribution in [2.75, 3.05) is 20.1 Å². The van der Waals surface area contributed by atoms with Gasteiger partial charge in [-0.1, -0.05) is 25.0 Å². The van der Waals surface area contributed by atoms with Crippen LogP contribution in [0.25, 0.3) is 0 Å². The Labute approximate surface area is 149 Å². The first-order valence-electron chi connectivity index (χ1n) is 9.25. The quantitative estimate of drug-likeness (QED) is 0.763. The molecule has 0 aromatic heterocycles. The molecular weight excluding hydrogens is 316 g/mol. The number of benzene rings is 1. The van der Waals surface area contributed by atoms with Crippen LogP contribution in [-0.4, -0.2) is 49.1 Å². The van der Waals surface area contributed by atoms with Gasteiger partial charge in [-0.3, -0.25) is 9.69 Å². The fourth-order valence-electron chi connectivity index (χ4n) is 3.84. The van der Waals surface area contributed by atoms with Gasteiger partial charge < -0.3 is 16.0 Å². The van der Waals surface area contributed by atoms with E-state index < -0.39 is 0 Å². The van der Waals surface area contributed by atoms with Crippen LogP contribution in [-0.2, 0) is 6.54 Å². The predicted molar refractivity (Wildman–Crippen MR) is 97.4 cm³/mol. The Morgan fingerprint density at radius 2 is 1.84 bits per heavy atom. The topological polar surface area (TPSA) is 73.5 Å². The van der Waals surface area contributed by atoms with E-state index in [0.717, 1.165) is 31.1 Å². The summed E-state index contributed by atoms with van der Waals surface area (Å²) >= 11 is 0. The van der Waals surface area contributed by atoms with E-state index in [0.29, 0.717) is 12.1 Å². The van der Waals surface area contributed by atoms with Crippen LogP contribution in [0.1, 0.15) is 48.0 Å². The maximum atomic E-state index is 12.1. The van der Waals surface area contributed by atoms with E-state index in [1.54, 1.807) is 19.2 Å². The van der Waals surface area contributed by atoms with Crippen molar-refractivity contribution in [2.24, 2.45) is 0 Å². The molecule has 6 nitrogen and oxygen atoms in total. The molecule has 3 amide bonds. The lowest BCUT2D eigenvalue weighted by Crippen LogP contribution is -2.43. The molecule has 1 heterocycles. The summed E-state index contributed by atoms with van der Waals surface area (Å²) < 4.78 is 0. The summed E-state index contributed by atoms with van der Waals surface area (Å²) in [4.78, 5) is 26.2. The lowest BCUT2D eigenvalue weighted by molar-refractivity contribution is 0.0963. The zero-order valence-electron chi connectivity index (χ0n) is 14.9. The number of carbonyl (C=O) groups is 2. The lowest BCUT2D eigenvalue weighted by atomic mass is 10.1. The highest BCUT2D eigenvalue weighted by molar-refractivity contribution is 5.93. The van der Waals surface area contributed by atoms with Crippen molar-refractivity contribution in [1.82, 2.24) is 20.9 Å². The van der Waals surface area contributed by atoms with Crippen molar-refractivity contribution in [3.8, 4) is 0 Å². The minimum Gasteiger partial charge on any atom is -0.355 e. The number of hydrogen-bond donors (Lipinski definition) is 3. The number of nitrogens with zero attached hydrogens (tertiary/aromatic N) is 1. The van der Waals surface area contributed by atoms with Crippen molar-refractivity contribution in [1.29, 1.82) is 0 Å². The third-order valence-electron chi connectivity index (χ3n) is 5.29. The second-order valence-electron chi connectivity index (χ2n) is 7.02. The van der Waals surface area contributed by atoms with E-state index in [4.69, 9.17) is 0 Å². The summed E-state index contributed by atoms with van der Waals surface area (Å²) in [5.74, 6) is -0.106. The average Bonchev–Trinajstić information content (AvgIpc) is 3.31. The zero-order chi connectivity index (χ0) is 17.6. The minimum atomic E-state index is -0.117. The summed E-state index contributed by atoms with van der Waals surface area (Å²) in [5, 5.41) is 8.58. The molecule has 1 aromatic carbocycles. The van der Waals surface area contributed by atoms with Gasteiger partial charge in [0.25, 0.3) is 5.91 Å². The highest BCUT2D eigenvalue weighted by atomic mass is 16.2. The minimum absolute atomic E-state index is 0.106. The second kappa shape index (κ2) is 8.34. The summed E-state index contributed by atoms with van der Waals surface area (Å²) in [7, 11) is 1.61. The normalized spacial score (nSPS) is 21.2. The molecule has 0 bridgehead atoms. The largest absolute Gasteiger partial charge is 0.355 e. The average molecular weight is 344 g/mol. The van der Waals surface area contributed by atoms with Gasteiger partial charge in [-0.15, -0.1) is 0 Å². The summed E-state index contributed by atoms with van der Waals surface area (Å²) in [6.07, 6.45) is 6.34. The molecule has 1 aliphatic carbocycles. The van der Waals surface area contributed by atoms with Crippen LogP contribution >= 0.6 is 0 Å². The first-order valence-corrected chi connectivity index (χ1v) is 9.25. The van der Waals surface area contributed by atoms with E-state index in [1.807, 2.05) is 12.1 Å². The molecule has 25 heavy (non-hydrogen) atoms. The Kier molecular flexibility index (Phi) is 5.91. The van der Waals surface area contributed by atoms with Crippen LogP contribution in [0.15, 0.2) is 24.3 Å². The number of rotatable bonds is 5. The Bertz CT molecular complexity index is 596. The Hall–Kier alpha value is -2.08. The molecule has 1 saturated heterocycles. The van der Waals surface area contributed by atoms with Gasteiger partial charge >= 0.3 is 6.03 Å². The third-order valence-corrected chi connectivity index (χ3v) is 5.29. The van der Waals surface area contributed by atoms with Crippen LogP contribution in [0.4, 0.5) is 4.79 Å². The van der Waals surface area contributed by atoms with E-state index >= 15 is 0 Å². The van der Waals surface area contributed by atoms with Crippen molar-refractivity contribution < 1.29 is 9.59 Å². The molecule has 1 atom stereocenters. The van der Waals surface area contributed by atoms with Gasteiger partial charge in [-0.2, -0.15) is 0 Å². The molecule has 1 aromatic rings. The maximum Gasteiger partial charge on any atom is 0.315 e. The molecular formula is C19H28N4O2. The van der Waals surface area contributed by atoms with Crippen LogP contribution in [0.3, 0.4) is 0 Å². The van der Waals surface area contributed by atoms with Gasteiger partial charge in [0, 0.05) is 44.3 Å². The van der Waals surface area contributed by atoms with Gasteiger partial charge in [0.1, 0.15) is 0 Å². The van der Waals surface area contributed by atoms with Gasteiger partial charge in [0.05, 0.1) is 0 Å². The Morgan fingerprint density at radius 1 is 1.12 bits per heavy atom. The number of likely N-dealkylation sites (tertiary alicyclic amines) is 1. The lowest BCUT2D eigenvalue weighted by Gasteiger charge is -2.23. The number of nitrogens with one attached hydrogen (secondary N) is 3. The van der Waals surface area contributed by atoms with Gasteiger partial charge in [0.15, 0.2) is 0 Å². The van der Waals surface area contributed by atoms with Crippen LogP contribution in [0.5, 0.6) is 0 Å². The van der Waals surface area contributed by atoms with Crippen molar-refractivity contribution in [3.63, 3.8) is 0 Å². The maximum absolute atomic E-state index is 12.1. The number of amides is 3. The van der Waals surface area contributed by atoms with E-state index in [-0.39, 0.29) is 18.0 Å². The standard InChI is InChI=1S/C19H28N4O2/c1-20-18(24)15-8-6-14(7-9-15)12-21-19(25)22-16-10-11-23(13-16)17-4-2-3-5-17/h6-9,16-17H,2-5,10-13H2,1H3,(H,20,24)(H2,21,22,25)/t16-/m1/s1. The molecule has 6 heteroatoms. The predicted octanol–water partition coefficient (Wildman–Crippen LogP) is 1.86. The highest BCUT2D eigenvalue weighted by Crippen LogP contribution is 2.26. The number of hydrogen-bond acceptors (Lipinski definition) is 3. The van der Waals surface area contributed by atoms with Crippen molar-refractivity contribution >= 4 is 11.9 Å². The molecule has 3 rings (SSSR count). The molecule has 0 radical (unpaired) electrons. The van der Waals surface area contributed by atoms with Crippen LogP contribution < -0.4 is 16.0 Å². The van der Waals surface area contributed by atoms with E-state index in [1.165, 1.54) is 25.7 Å². The molecule has 1 saturated carbocycles. The molecule has 0 unspecified atom stereocenters. The summed E-state index contributed by atoms with van der Waals surface area (Å²) in [6, 6.07) is 8.12. The third kappa shape index (κ3) is 4.72. The monoisotopic (exact) mass is 344 g/mol. The number of carbonyl (C=O) groups excluding carboxylic acids is 2. The first-order chi connectivity index (χ1) is 12.2. The molecule has 0 spiro atoms. The fraction of sp³-hybridized carbons (Fsp3) is 0.579. The zero-order valence-corrected chi connectivity index (χ0v) is 14.9. The SMILES string of the molecule is CNC(=O)c1ccc(CNC(=O)N[C@@H]2CCN(C3CCCC3)C2)cc1. The fourth-order valence-corrected chi connectivity index (χ4v) is 3.84. The van der Waals surface area contributed by atoms with Gasteiger partial charge in [-0.05, 0) is 37.0 Å². The molecule has 2 aliphatic rings. The van der Waals surface area contributed by atoms with Crippen LogP contribution in [0, 0.1) is 0 Å². The smallest absolute Gasteiger partial charge is 0.315 e. The summed E-state index contributed by atoms with van der Waals surface area (Å²) in [6.45, 7) is 2.52. The van der Waals surface area contributed by atoms with Crippen molar-refractivity contribution in [3.05, 3.63) is 35.4 Å². The van der Waals surface area contributed by atoms with E-state index in [9.17, 15) is 9.59 Å². The van der Waals surface area contributed by atoms with Gasteiger partial charge in [0.2, 0.25) is 0 Å². The van der Waals surface area contributed by atoms with Gasteiger partial charge in [-0.25, -0.2) is 4.79 Å².